The molecule has 1 unspecified atom stereocenters. The summed E-state index contributed by atoms with van der Waals surface area (Å²) in [7, 11) is 0. The lowest BCUT2D eigenvalue weighted by Gasteiger charge is -2.15. The van der Waals surface area contributed by atoms with E-state index in [4.69, 9.17) is 9.47 Å². The average molecular weight is 675 g/mol. The first-order valence-corrected chi connectivity index (χ1v) is 20.5. The summed E-state index contributed by atoms with van der Waals surface area (Å²) in [6.45, 7) is 4.08. The number of hydrogen-bond donors (Lipinski definition) is 1. The normalized spacial score (nSPS) is 12.5. The van der Waals surface area contributed by atoms with E-state index < -0.39 is 6.10 Å². The first kappa shape index (κ1) is 46.1. The number of aliphatic hydroxyl groups is 1. The maximum atomic E-state index is 12.2. The molecule has 48 heavy (non-hydrogen) atoms. The predicted octanol–water partition coefficient (Wildman–Crippen LogP) is 12.8. The van der Waals surface area contributed by atoms with Gasteiger partial charge in [-0.15, -0.1) is 0 Å². The third-order valence-corrected chi connectivity index (χ3v) is 8.92. The Hall–Kier alpha value is -1.88. The average Bonchev–Trinajstić information content (AvgIpc) is 3.09. The lowest BCUT2D eigenvalue weighted by atomic mass is 10.1. The zero-order valence-corrected chi connectivity index (χ0v) is 31.7. The van der Waals surface area contributed by atoms with Crippen molar-refractivity contribution < 1.29 is 24.2 Å². The number of allylic oxidation sites excluding steroid dienone is 6. The van der Waals surface area contributed by atoms with Crippen LogP contribution in [-0.4, -0.2) is 36.4 Å². The molecule has 0 rings (SSSR count). The lowest BCUT2D eigenvalue weighted by Crippen LogP contribution is -2.28. The van der Waals surface area contributed by atoms with Crippen LogP contribution in [-0.2, 0) is 19.1 Å². The van der Waals surface area contributed by atoms with E-state index in [1.807, 2.05) is 6.08 Å². The third kappa shape index (κ3) is 36.9. The molecule has 0 aliphatic rings. The van der Waals surface area contributed by atoms with Gasteiger partial charge in [-0.3, -0.25) is 9.59 Å². The Bertz CT molecular complexity index is 771. The lowest BCUT2D eigenvalue weighted by molar-refractivity contribution is -0.161. The van der Waals surface area contributed by atoms with Crippen LogP contribution in [0.2, 0.25) is 0 Å². The fourth-order valence-electron chi connectivity index (χ4n) is 5.78. The third-order valence-electron chi connectivity index (χ3n) is 8.92. The summed E-state index contributed by atoms with van der Waals surface area (Å²) in [6.07, 6.45) is 48.0. The summed E-state index contributed by atoms with van der Waals surface area (Å²) >= 11 is 0. The summed E-state index contributed by atoms with van der Waals surface area (Å²) in [5.41, 5.74) is 0. The second-order valence-corrected chi connectivity index (χ2v) is 13.7. The first-order chi connectivity index (χ1) is 23.6. The molecule has 0 bridgehead atoms. The molecule has 1 N–H and O–H groups in total. The minimum atomic E-state index is -0.794. The van der Waals surface area contributed by atoms with Gasteiger partial charge in [-0.2, -0.15) is 0 Å². The quantitative estimate of drug-likeness (QED) is 0.0403. The van der Waals surface area contributed by atoms with Gasteiger partial charge in [0.25, 0.3) is 0 Å². The van der Waals surface area contributed by atoms with Gasteiger partial charge in [0.15, 0.2) is 6.10 Å². The van der Waals surface area contributed by atoms with E-state index >= 15 is 0 Å². The summed E-state index contributed by atoms with van der Waals surface area (Å²) in [5.74, 6) is -0.671. The van der Waals surface area contributed by atoms with Crippen LogP contribution in [0.15, 0.2) is 36.5 Å². The standard InChI is InChI=1S/C43H78O5/c1-3-5-7-9-11-13-15-17-18-19-20-21-22-23-24-26-28-30-32-34-36-38-43(46)48-41(39-44)40-47-42(45)37-35-33-31-29-27-25-16-14-12-10-8-6-4-2/h21-22,25,27,31,33,41,44H,3-20,23-24,26,28-30,32,34-40H2,1-2H3/b22-21+,27-25+,33-31+. The van der Waals surface area contributed by atoms with Crippen LogP contribution in [0.3, 0.4) is 0 Å². The molecular formula is C43H78O5. The molecule has 0 saturated heterocycles. The van der Waals surface area contributed by atoms with Crippen LogP contribution < -0.4 is 0 Å². The van der Waals surface area contributed by atoms with Crippen LogP contribution >= 0.6 is 0 Å². The van der Waals surface area contributed by atoms with Crippen molar-refractivity contribution in [2.75, 3.05) is 13.2 Å². The number of hydrogen-bond acceptors (Lipinski definition) is 5. The van der Waals surface area contributed by atoms with E-state index in [-0.39, 0.29) is 31.6 Å². The van der Waals surface area contributed by atoms with E-state index in [1.54, 1.807) is 0 Å². The van der Waals surface area contributed by atoms with Crippen molar-refractivity contribution in [1.82, 2.24) is 0 Å². The first-order valence-electron chi connectivity index (χ1n) is 20.5. The van der Waals surface area contributed by atoms with Gasteiger partial charge < -0.3 is 14.6 Å². The van der Waals surface area contributed by atoms with E-state index in [0.717, 1.165) is 32.1 Å². The smallest absolute Gasteiger partial charge is 0.306 e. The molecule has 5 heteroatoms. The van der Waals surface area contributed by atoms with Crippen LogP contribution in [0, 0.1) is 0 Å². The molecule has 0 fully saturated rings. The highest BCUT2D eigenvalue weighted by atomic mass is 16.6. The monoisotopic (exact) mass is 675 g/mol. The zero-order valence-electron chi connectivity index (χ0n) is 31.7. The van der Waals surface area contributed by atoms with Gasteiger partial charge in [-0.1, -0.05) is 172 Å². The highest BCUT2D eigenvalue weighted by Crippen LogP contribution is 2.13. The predicted molar refractivity (Wildman–Crippen MR) is 205 cm³/mol. The van der Waals surface area contributed by atoms with Gasteiger partial charge in [0.2, 0.25) is 0 Å². The maximum absolute atomic E-state index is 12.2. The van der Waals surface area contributed by atoms with E-state index in [1.165, 1.54) is 141 Å². The molecule has 0 aliphatic carbocycles. The number of carbonyl (C=O) groups is 2. The van der Waals surface area contributed by atoms with E-state index in [0.29, 0.717) is 12.8 Å². The molecule has 0 saturated carbocycles. The Kier molecular flexibility index (Phi) is 38.0. The van der Waals surface area contributed by atoms with Crippen molar-refractivity contribution in [3.05, 3.63) is 36.5 Å². The van der Waals surface area contributed by atoms with Crippen LogP contribution in [0.1, 0.15) is 206 Å². The Balaban J connectivity index is 3.58. The zero-order chi connectivity index (χ0) is 35.0. The molecule has 5 nitrogen and oxygen atoms in total. The number of ether oxygens (including phenoxy) is 2. The second kappa shape index (κ2) is 39.6. The molecule has 1 atom stereocenters. The number of esters is 2. The van der Waals surface area contributed by atoms with Gasteiger partial charge in [-0.05, 0) is 57.8 Å². The second-order valence-electron chi connectivity index (χ2n) is 13.7. The minimum absolute atomic E-state index is 0.0968. The highest BCUT2D eigenvalue weighted by Gasteiger charge is 2.15. The Morgan fingerprint density at radius 3 is 1.33 bits per heavy atom. The molecule has 0 amide bonds. The van der Waals surface area contributed by atoms with Crippen molar-refractivity contribution in [2.24, 2.45) is 0 Å². The van der Waals surface area contributed by atoms with Crippen molar-refractivity contribution in [1.29, 1.82) is 0 Å². The Morgan fingerprint density at radius 1 is 0.479 bits per heavy atom. The van der Waals surface area contributed by atoms with Gasteiger partial charge in [0, 0.05) is 12.8 Å². The Labute approximate surface area is 297 Å². The molecule has 0 radical (unpaired) electrons. The molecule has 0 heterocycles. The number of carbonyl (C=O) groups excluding carboxylic acids is 2. The fourth-order valence-corrected chi connectivity index (χ4v) is 5.78. The van der Waals surface area contributed by atoms with Gasteiger partial charge in [0.05, 0.1) is 6.61 Å². The minimum Gasteiger partial charge on any atom is -0.462 e. The molecule has 280 valence electrons. The molecule has 0 aromatic rings. The van der Waals surface area contributed by atoms with Crippen LogP contribution in [0.25, 0.3) is 0 Å². The Morgan fingerprint density at radius 2 is 0.875 bits per heavy atom. The van der Waals surface area contributed by atoms with Gasteiger partial charge in [-0.25, -0.2) is 0 Å². The summed E-state index contributed by atoms with van der Waals surface area (Å²) < 4.78 is 10.5. The van der Waals surface area contributed by atoms with Crippen molar-refractivity contribution in [2.45, 2.75) is 213 Å². The van der Waals surface area contributed by atoms with Crippen molar-refractivity contribution in [3.8, 4) is 0 Å². The summed E-state index contributed by atoms with van der Waals surface area (Å²) in [6, 6.07) is 0. The SMILES string of the molecule is CCCCCCCC/C=C/C/C=C/CCC(=O)OCC(CO)OC(=O)CCCCCCCCC/C=C/CCCCCCCCCCCC. The fraction of sp³-hybridized carbons (Fsp3) is 0.814. The molecule has 0 spiro atoms. The number of rotatable bonds is 37. The number of unbranched alkanes of at least 4 members (excludes halogenated alkanes) is 23. The summed E-state index contributed by atoms with van der Waals surface area (Å²) in [4.78, 5) is 24.2. The molecular weight excluding hydrogens is 596 g/mol. The number of aliphatic hydroxyl groups excluding tert-OH is 1. The molecule has 0 aromatic heterocycles. The van der Waals surface area contributed by atoms with Crippen LogP contribution in [0.4, 0.5) is 0 Å². The van der Waals surface area contributed by atoms with Gasteiger partial charge in [0.1, 0.15) is 6.61 Å². The molecule has 0 aromatic carbocycles. The van der Waals surface area contributed by atoms with E-state index in [9.17, 15) is 14.7 Å². The van der Waals surface area contributed by atoms with Crippen LogP contribution in [0.5, 0.6) is 0 Å². The van der Waals surface area contributed by atoms with Crippen molar-refractivity contribution in [3.63, 3.8) is 0 Å². The van der Waals surface area contributed by atoms with Gasteiger partial charge >= 0.3 is 11.9 Å². The maximum Gasteiger partial charge on any atom is 0.306 e. The summed E-state index contributed by atoms with van der Waals surface area (Å²) in [5, 5.41) is 9.54. The van der Waals surface area contributed by atoms with Crippen molar-refractivity contribution >= 4 is 11.9 Å². The highest BCUT2D eigenvalue weighted by molar-refractivity contribution is 5.70. The topological polar surface area (TPSA) is 72.8 Å². The largest absolute Gasteiger partial charge is 0.462 e. The van der Waals surface area contributed by atoms with E-state index in [2.05, 4.69) is 44.2 Å². The molecule has 0 aliphatic heterocycles.